The molecular weight excluding hydrogens is 422 g/mol. The molecule has 0 atom stereocenters. The number of hydrogen-bond acceptors (Lipinski definition) is 5. The van der Waals surface area contributed by atoms with Crippen molar-refractivity contribution in [2.75, 3.05) is 47.2 Å². The first-order valence-corrected chi connectivity index (χ1v) is 11.4. The fourth-order valence-electron chi connectivity index (χ4n) is 4.89. The average Bonchev–Trinajstić information content (AvgIpc) is 3.30. The molecule has 0 saturated carbocycles. The molecule has 33 heavy (non-hydrogen) atoms. The summed E-state index contributed by atoms with van der Waals surface area (Å²) < 4.78 is 21.8. The van der Waals surface area contributed by atoms with Crippen LogP contribution in [-0.4, -0.2) is 52.2 Å². The van der Waals surface area contributed by atoms with Crippen molar-refractivity contribution < 1.29 is 28.7 Å². The lowest BCUT2D eigenvalue weighted by atomic mass is 10.1. The highest BCUT2D eigenvalue weighted by atomic mass is 16.7. The Hall–Kier alpha value is -3.23. The summed E-state index contributed by atoms with van der Waals surface area (Å²) >= 11 is 0. The van der Waals surface area contributed by atoms with Gasteiger partial charge in [-0.3, -0.25) is 4.79 Å². The lowest BCUT2D eigenvalue weighted by molar-refractivity contribution is -1.02. The first-order valence-electron chi connectivity index (χ1n) is 11.4. The molecule has 0 unspecified atom stereocenters. The van der Waals surface area contributed by atoms with E-state index in [4.69, 9.17) is 18.9 Å². The molecule has 0 bridgehead atoms. The predicted molar refractivity (Wildman–Crippen MR) is 124 cm³/mol. The Morgan fingerprint density at radius 1 is 0.939 bits per heavy atom. The van der Waals surface area contributed by atoms with Crippen LogP contribution in [0, 0.1) is 6.92 Å². The molecule has 3 aromatic rings. The number of benzene rings is 2. The van der Waals surface area contributed by atoms with E-state index in [1.807, 2.05) is 13.0 Å². The Kier molecular flexibility index (Phi) is 5.86. The second-order valence-electron chi connectivity index (χ2n) is 8.85. The highest BCUT2D eigenvalue weighted by Gasteiger charge is 2.26. The molecule has 3 heterocycles. The normalized spacial score (nSPS) is 19.6. The third kappa shape index (κ3) is 4.24. The minimum Gasteiger partial charge on any atom is -0.497 e. The average molecular weight is 454 g/mol. The Morgan fingerprint density at radius 2 is 1.67 bits per heavy atom. The number of hydrogen-bond donors (Lipinski definition) is 3. The van der Waals surface area contributed by atoms with Gasteiger partial charge in [0, 0.05) is 17.3 Å². The van der Waals surface area contributed by atoms with E-state index in [0.29, 0.717) is 30.2 Å². The zero-order valence-corrected chi connectivity index (χ0v) is 19.4. The van der Waals surface area contributed by atoms with Crippen LogP contribution in [0.15, 0.2) is 35.1 Å². The van der Waals surface area contributed by atoms with Gasteiger partial charge in [-0.25, -0.2) is 0 Å². The van der Waals surface area contributed by atoms with E-state index in [-0.39, 0.29) is 5.43 Å². The molecule has 8 nitrogen and oxygen atoms in total. The SMILES string of the molecule is COc1cc(OC)c2[nH]c(C)c(C[NH+]3CC[NH+](Cc4ccc5c(c4)OCO5)CC3)c(=O)c2c1. The van der Waals surface area contributed by atoms with E-state index in [1.54, 1.807) is 31.3 Å². The maximum absolute atomic E-state index is 13.4. The van der Waals surface area contributed by atoms with Gasteiger partial charge in [-0.05, 0) is 31.2 Å². The smallest absolute Gasteiger partial charge is 0.231 e. The third-order valence-corrected chi connectivity index (χ3v) is 6.80. The van der Waals surface area contributed by atoms with Gasteiger partial charge in [0.1, 0.15) is 50.8 Å². The molecule has 2 aliphatic rings. The topological polar surface area (TPSA) is 78.7 Å². The second-order valence-corrected chi connectivity index (χ2v) is 8.85. The Balaban J connectivity index is 1.28. The van der Waals surface area contributed by atoms with Gasteiger partial charge in [0.2, 0.25) is 6.79 Å². The molecule has 0 spiro atoms. The molecule has 5 rings (SSSR count). The molecule has 0 aliphatic carbocycles. The molecule has 1 aromatic heterocycles. The molecule has 1 saturated heterocycles. The van der Waals surface area contributed by atoms with Crippen LogP contribution in [0.3, 0.4) is 0 Å². The highest BCUT2D eigenvalue weighted by Crippen LogP contribution is 2.32. The van der Waals surface area contributed by atoms with Crippen molar-refractivity contribution in [3.63, 3.8) is 0 Å². The number of aromatic amines is 1. The number of methoxy groups -OCH3 is 2. The van der Waals surface area contributed by atoms with Crippen molar-refractivity contribution in [1.82, 2.24) is 4.98 Å². The number of nitrogens with one attached hydrogen (secondary N) is 3. The highest BCUT2D eigenvalue weighted by molar-refractivity contribution is 5.86. The molecule has 174 valence electrons. The van der Waals surface area contributed by atoms with Crippen LogP contribution < -0.4 is 34.2 Å². The van der Waals surface area contributed by atoms with Crippen molar-refractivity contribution >= 4 is 10.9 Å². The number of rotatable bonds is 6. The zero-order valence-electron chi connectivity index (χ0n) is 19.4. The number of pyridine rings is 1. The van der Waals surface area contributed by atoms with Gasteiger partial charge in [0.05, 0.1) is 30.7 Å². The van der Waals surface area contributed by atoms with Crippen LogP contribution in [0.4, 0.5) is 0 Å². The van der Waals surface area contributed by atoms with Crippen LogP contribution >= 0.6 is 0 Å². The van der Waals surface area contributed by atoms with Crippen molar-refractivity contribution in [2.24, 2.45) is 0 Å². The lowest BCUT2D eigenvalue weighted by Gasteiger charge is -2.30. The summed E-state index contributed by atoms with van der Waals surface area (Å²) in [5.41, 5.74) is 3.78. The zero-order chi connectivity index (χ0) is 22.9. The minimum atomic E-state index is 0.0566. The number of quaternary nitrogens is 2. The van der Waals surface area contributed by atoms with Crippen LogP contribution in [0.5, 0.6) is 23.0 Å². The van der Waals surface area contributed by atoms with E-state index in [1.165, 1.54) is 10.5 Å². The lowest BCUT2D eigenvalue weighted by Crippen LogP contribution is -3.27. The summed E-state index contributed by atoms with van der Waals surface area (Å²) in [7, 11) is 3.20. The minimum absolute atomic E-state index is 0.0566. The molecule has 3 N–H and O–H groups in total. The van der Waals surface area contributed by atoms with E-state index in [0.717, 1.165) is 61.0 Å². The Bertz CT molecular complexity index is 1230. The van der Waals surface area contributed by atoms with Crippen LogP contribution in [0.1, 0.15) is 16.8 Å². The quantitative estimate of drug-likeness (QED) is 0.492. The number of piperazine rings is 1. The van der Waals surface area contributed by atoms with Gasteiger partial charge < -0.3 is 33.7 Å². The van der Waals surface area contributed by atoms with E-state index in [9.17, 15) is 4.79 Å². The molecule has 0 amide bonds. The van der Waals surface area contributed by atoms with Gasteiger partial charge in [-0.1, -0.05) is 0 Å². The Labute approximate surface area is 192 Å². The summed E-state index contributed by atoms with van der Waals surface area (Å²) in [4.78, 5) is 19.8. The van der Waals surface area contributed by atoms with Gasteiger partial charge in [0.15, 0.2) is 16.9 Å². The first-order chi connectivity index (χ1) is 16.1. The van der Waals surface area contributed by atoms with Crippen LogP contribution in [0.25, 0.3) is 10.9 Å². The number of fused-ring (bicyclic) bond motifs is 2. The van der Waals surface area contributed by atoms with Gasteiger partial charge in [-0.2, -0.15) is 0 Å². The monoisotopic (exact) mass is 453 g/mol. The first kappa shape index (κ1) is 21.6. The van der Waals surface area contributed by atoms with Crippen molar-refractivity contribution in [3.05, 3.63) is 57.4 Å². The molecule has 0 radical (unpaired) electrons. The largest absolute Gasteiger partial charge is 0.497 e. The second kappa shape index (κ2) is 8.96. The van der Waals surface area contributed by atoms with E-state index < -0.39 is 0 Å². The maximum Gasteiger partial charge on any atom is 0.231 e. The number of aryl methyl sites for hydroxylation is 1. The fraction of sp³-hybridized carbons (Fsp3) is 0.400. The molecule has 8 heteroatoms. The summed E-state index contributed by atoms with van der Waals surface area (Å²) in [6.45, 7) is 8.15. The number of H-pyrrole nitrogens is 1. The van der Waals surface area contributed by atoms with E-state index >= 15 is 0 Å². The summed E-state index contributed by atoms with van der Waals surface area (Å²) in [6, 6.07) is 9.81. The van der Waals surface area contributed by atoms with Gasteiger partial charge >= 0.3 is 0 Å². The predicted octanol–water partition coefficient (Wildman–Crippen LogP) is 0.0660. The number of aromatic nitrogens is 1. The van der Waals surface area contributed by atoms with Crippen molar-refractivity contribution in [3.8, 4) is 23.0 Å². The number of ether oxygens (including phenoxy) is 4. The standard InChI is InChI=1S/C25H29N3O5/c1-16-20(25(29)19-11-18(30-2)12-23(31-3)24(19)26-16)14-28-8-6-27(7-9-28)13-17-4-5-21-22(10-17)33-15-32-21/h4-5,10-12H,6-9,13-15H2,1-3H3,(H,26,29)/p+2. The van der Waals surface area contributed by atoms with Crippen LogP contribution in [0.2, 0.25) is 0 Å². The summed E-state index contributed by atoms with van der Waals surface area (Å²) in [5.74, 6) is 2.90. The van der Waals surface area contributed by atoms with E-state index in [2.05, 4.69) is 17.1 Å². The Morgan fingerprint density at radius 3 is 2.39 bits per heavy atom. The fourth-order valence-corrected chi connectivity index (χ4v) is 4.89. The maximum atomic E-state index is 13.4. The molecule has 2 aromatic carbocycles. The van der Waals surface area contributed by atoms with Gasteiger partial charge in [0.25, 0.3) is 0 Å². The van der Waals surface area contributed by atoms with Crippen molar-refractivity contribution in [2.45, 2.75) is 20.0 Å². The summed E-state index contributed by atoms with van der Waals surface area (Å²) in [6.07, 6.45) is 0. The van der Waals surface area contributed by atoms with Gasteiger partial charge in [-0.15, -0.1) is 0 Å². The molecule has 1 fully saturated rings. The summed E-state index contributed by atoms with van der Waals surface area (Å²) in [5, 5.41) is 0.610. The molecule has 2 aliphatic heterocycles. The third-order valence-electron chi connectivity index (χ3n) is 6.80. The van der Waals surface area contributed by atoms with Crippen LogP contribution in [-0.2, 0) is 13.1 Å². The van der Waals surface area contributed by atoms with Crippen molar-refractivity contribution in [1.29, 1.82) is 0 Å². The molecular formula is C25H31N3O5+2.